The Balaban J connectivity index is 1.98. The maximum Gasteiger partial charge on any atom is 0.0826 e. The lowest BCUT2D eigenvalue weighted by Crippen LogP contribution is -2.19. The third kappa shape index (κ3) is 2.05. The largest absolute Gasteiger partial charge is 0.390 e. The van der Waals surface area contributed by atoms with E-state index in [0.29, 0.717) is 13.2 Å². The summed E-state index contributed by atoms with van der Waals surface area (Å²) in [6, 6.07) is 3.94. The number of nitrogens with zero attached hydrogens (tertiary/aromatic N) is 1. The second-order valence-electron chi connectivity index (χ2n) is 3.43. The summed E-state index contributed by atoms with van der Waals surface area (Å²) in [6.45, 7) is 1.14. The Kier molecular flexibility index (Phi) is 2.57. The van der Waals surface area contributed by atoms with Crippen molar-refractivity contribution in [1.82, 2.24) is 4.98 Å². The van der Waals surface area contributed by atoms with Crippen LogP contribution in [0.25, 0.3) is 0 Å². The van der Waals surface area contributed by atoms with Crippen molar-refractivity contribution < 1.29 is 9.84 Å². The summed E-state index contributed by atoms with van der Waals surface area (Å²) in [6.07, 6.45) is 4.14. The van der Waals surface area contributed by atoms with E-state index >= 15 is 0 Å². The third-order valence-corrected chi connectivity index (χ3v) is 2.39. The minimum Gasteiger partial charge on any atom is -0.390 e. The van der Waals surface area contributed by atoms with Gasteiger partial charge in [-0.3, -0.25) is 4.98 Å². The number of pyridine rings is 1. The Morgan fingerprint density at radius 2 is 2.46 bits per heavy atom. The molecule has 0 radical (unpaired) electrons. The topological polar surface area (TPSA) is 42.4 Å². The number of rotatable bonds is 2. The number of hydrogen-bond acceptors (Lipinski definition) is 3. The number of hydrogen-bond donors (Lipinski definition) is 1. The number of ether oxygens (including phenoxy) is 1. The van der Waals surface area contributed by atoms with E-state index in [9.17, 15) is 5.11 Å². The molecule has 1 aliphatic heterocycles. The molecule has 0 amide bonds. The summed E-state index contributed by atoms with van der Waals surface area (Å²) >= 11 is 0. The summed E-state index contributed by atoms with van der Waals surface area (Å²) in [7, 11) is 0. The molecule has 3 nitrogen and oxygen atoms in total. The third-order valence-electron chi connectivity index (χ3n) is 2.39. The quantitative estimate of drug-likeness (QED) is 0.724. The molecule has 13 heavy (non-hydrogen) atoms. The van der Waals surface area contributed by atoms with Gasteiger partial charge in [-0.15, -0.1) is 0 Å². The molecular formula is C10H13NO2. The molecule has 2 rings (SSSR count). The van der Waals surface area contributed by atoms with Gasteiger partial charge in [0.05, 0.1) is 19.3 Å². The van der Waals surface area contributed by atoms with Crippen molar-refractivity contribution in [2.24, 2.45) is 5.92 Å². The van der Waals surface area contributed by atoms with Crippen molar-refractivity contribution >= 4 is 0 Å². The average molecular weight is 179 g/mol. The zero-order chi connectivity index (χ0) is 9.10. The maximum absolute atomic E-state index is 9.50. The molecule has 1 aromatic rings. The fraction of sp³-hybridized carbons (Fsp3) is 0.500. The summed E-state index contributed by atoms with van der Waals surface area (Å²) in [4.78, 5) is 4.03. The van der Waals surface area contributed by atoms with E-state index < -0.39 is 0 Å². The van der Waals surface area contributed by atoms with Crippen molar-refractivity contribution in [1.29, 1.82) is 0 Å². The van der Waals surface area contributed by atoms with Crippen molar-refractivity contribution in [3.05, 3.63) is 30.1 Å². The maximum atomic E-state index is 9.50. The second kappa shape index (κ2) is 3.85. The van der Waals surface area contributed by atoms with Gasteiger partial charge >= 0.3 is 0 Å². The average Bonchev–Trinajstić information content (AvgIpc) is 2.54. The Morgan fingerprint density at radius 1 is 1.54 bits per heavy atom. The highest BCUT2D eigenvalue weighted by Crippen LogP contribution is 2.18. The van der Waals surface area contributed by atoms with Gasteiger partial charge in [0.15, 0.2) is 0 Å². The monoisotopic (exact) mass is 179 g/mol. The first-order valence-corrected chi connectivity index (χ1v) is 4.51. The molecule has 0 aromatic carbocycles. The zero-order valence-corrected chi connectivity index (χ0v) is 7.39. The van der Waals surface area contributed by atoms with E-state index in [1.54, 1.807) is 6.20 Å². The lowest BCUT2D eigenvalue weighted by Gasteiger charge is -2.11. The minimum absolute atomic E-state index is 0.240. The Morgan fingerprint density at radius 3 is 3.08 bits per heavy atom. The van der Waals surface area contributed by atoms with Gasteiger partial charge in [0.1, 0.15) is 0 Å². The summed E-state index contributed by atoms with van der Waals surface area (Å²) in [5, 5.41) is 9.50. The van der Waals surface area contributed by atoms with Gasteiger partial charge in [0, 0.05) is 18.3 Å². The van der Waals surface area contributed by atoms with Gasteiger partial charge < -0.3 is 9.84 Å². The molecule has 2 heterocycles. The van der Waals surface area contributed by atoms with Crippen LogP contribution < -0.4 is 0 Å². The molecule has 0 aliphatic carbocycles. The van der Waals surface area contributed by atoms with E-state index in [4.69, 9.17) is 4.74 Å². The van der Waals surface area contributed by atoms with Crippen molar-refractivity contribution in [2.75, 3.05) is 13.2 Å². The summed E-state index contributed by atoms with van der Waals surface area (Å²) in [5.74, 6) is 0.240. The first-order valence-electron chi connectivity index (χ1n) is 4.51. The molecular weight excluding hydrogens is 166 g/mol. The highest BCUT2D eigenvalue weighted by molar-refractivity contribution is 5.10. The van der Waals surface area contributed by atoms with Crippen LogP contribution in [0.2, 0.25) is 0 Å². The van der Waals surface area contributed by atoms with Crippen molar-refractivity contribution in [3.8, 4) is 0 Å². The van der Waals surface area contributed by atoms with Crippen LogP contribution in [0.5, 0.6) is 0 Å². The van der Waals surface area contributed by atoms with Crippen LogP contribution in [0.1, 0.15) is 5.56 Å². The fourth-order valence-corrected chi connectivity index (χ4v) is 1.60. The van der Waals surface area contributed by atoms with Crippen LogP contribution in [0.3, 0.4) is 0 Å². The molecule has 1 aliphatic rings. The van der Waals surface area contributed by atoms with Crippen LogP contribution in [-0.4, -0.2) is 29.4 Å². The lowest BCUT2D eigenvalue weighted by atomic mass is 9.98. The van der Waals surface area contributed by atoms with Gasteiger partial charge in [-0.1, -0.05) is 6.07 Å². The number of aliphatic hydroxyl groups is 1. The number of aromatic nitrogens is 1. The van der Waals surface area contributed by atoms with Crippen LogP contribution in [0.4, 0.5) is 0 Å². The van der Waals surface area contributed by atoms with Crippen LogP contribution in [-0.2, 0) is 11.2 Å². The fourth-order valence-electron chi connectivity index (χ4n) is 1.60. The minimum atomic E-state index is -0.305. The first kappa shape index (κ1) is 8.66. The van der Waals surface area contributed by atoms with Crippen LogP contribution in [0.15, 0.2) is 24.5 Å². The normalized spacial score (nSPS) is 27.8. The summed E-state index contributed by atoms with van der Waals surface area (Å²) < 4.78 is 5.17. The zero-order valence-electron chi connectivity index (χ0n) is 7.39. The van der Waals surface area contributed by atoms with Crippen molar-refractivity contribution in [3.63, 3.8) is 0 Å². The summed E-state index contributed by atoms with van der Waals surface area (Å²) in [5.41, 5.74) is 1.16. The van der Waals surface area contributed by atoms with Gasteiger partial charge in [0.2, 0.25) is 0 Å². The molecule has 1 saturated heterocycles. The van der Waals surface area contributed by atoms with E-state index in [1.165, 1.54) is 0 Å². The van der Waals surface area contributed by atoms with E-state index in [2.05, 4.69) is 4.98 Å². The van der Waals surface area contributed by atoms with Crippen LogP contribution >= 0.6 is 0 Å². The molecule has 0 saturated carbocycles. The molecule has 2 atom stereocenters. The Labute approximate surface area is 77.4 Å². The molecule has 1 fully saturated rings. The Bertz CT molecular complexity index is 263. The molecule has 2 unspecified atom stereocenters. The molecule has 70 valence electrons. The predicted octanol–water partition coefficient (Wildman–Crippen LogP) is 0.631. The molecule has 0 bridgehead atoms. The number of aliphatic hydroxyl groups excluding tert-OH is 1. The highest BCUT2D eigenvalue weighted by Gasteiger charge is 2.25. The van der Waals surface area contributed by atoms with Gasteiger partial charge in [-0.2, -0.15) is 0 Å². The van der Waals surface area contributed by atoms with Gasteiger partial charge in [0.25, 0.3) is 0 Å². The highest BCUT2D eigenvalue weighted by atomic mass is 16.5. The molecule has 0 spiro atoms. The molecule has 1 N–H and O–H groups in total. The van der Waals surface area contributed by atoms with E-state index in [0.717, 1.165) is 12.0 Å². The molecule has 3 heteroatoms. The predicted molar refractivity (Wildman–Crippen MR) is 48.3 cm³/mol. The van der Waals surface area contributed by atoms with E-state index in [-0.39, 0.29) is 12.0 Å². The van der Waals surface area contributed by atoms with Crippen molar-refractivity contribution in [2.45, 2.75) is 12.5 Å². The SMILES string of the molecule is OC1COCC1Cc1cccnc1. The molecule has 1 aromatic heterocycles. The van der Waals surface area contributed by atoms with E-state index in [1.807, 2.05) is 18.3 Å². The van der Waals surface area contributed by atoms with Gasteiger partial charge in [-0.25, -0.2) is 0 Å². The van der Waals surface area contributed by atoms with Crippen LogP contribution in [0, 0.1) is 5.92 Å². The van der Waals surface area contributed by atoms with Gasteiger partial charge in [-0.05, 0) is 18.1 Å². The lowest BCUT2D eigenvalue weighted by molar-refractivity contribution is 0.118. The Hall–Kier alpha value is -0.930. The first-order chi connectivity index (χ1) is 6.36. The smallest absolute Gasteiger partial charge is 0.0826 e. The second-order valence-corrected chi connectivity index (χ2v) is 3.43. The standard InChI is InChI=1S/C10H13NO2/c12-10-7-13-6-9(10)4-8-2-1-3-11-5-8/h1-3,5,9-10,12H,4,6-7H2.